The van der Waals surface area contributed by atoms with Gasteiger partial charge in [0.1, 0.15) is 4.99 Å². The first-order valence-corrected chi connectivity index (χ1v) is 7.32. The Hall–Kier alpha value is -0.970. The van der Waals surface area contributed by atoms with Crippen molar-refractivity contribution in [2.24, 2.45) is 5.73 Å². The van der Waals surface area contributed by atoms with E-state index in [1.165, 1.54) is 5.56 Å². The van der Waals surface area contributed by atoms with E-state index in [1.807, 2.05) is 12.1 Å². The van der Waals surface area contributed by atoms with Gasteiger partial charge < -0.3 is 5.73 Å². The van der Waals surface area contributed by atoms with Crippen LogP contribution in [0.2, 0.25) is 0 Å². The Balaban J connectivity index is 1.92. The number of hydrogen-bond acceptors (Lipinski definition) is 3. The Labute approximate surface area is 121 Å². The molecule has 1 fully saturated rings. The number of rotatable bonds is 4. The van der Waals surface area contributed by atoms with Crippen molar-refractivity contribution in [3.63, 3.8) is 0 Å². The summed E-state index contributed by atoms with van der Waals surface area (Å²) in [6.45, 7) is 10.1. The van der Waals surface area contributed by atoms with E-state index in [0.717, 1.165) is 38.3 Å². The third-order valence-corrected chi connectivity index (χ3v) is 3.99. The molecule has 2 N–H and O–H groups in total. The summed E-state index contributed by atoms with van der Waals surface area (Å²) in [5.74, 6) is 0. The fraction of sp³-hybridized carbons (Fsp3) is 0.533. The first-order valence-electron chi connectivity index (χ1n) is 6.91. The van der Waals surface area contributed by atoms with Crippen LogP contribution in [-0.4, -0.2) is 47.0 Å². The predicted molar refractivity (Wildman–Crippen MR) is 84.3 cm³/mol. The second-order valence-corrected chi connectivity index (χ2v) is 5.91. The van der Waals surface area contributed by atoms with Crippen LogP contribution in [0.3, 0.4) is 0 Å². The van der Waals surface area contributed by atoms with Crippen molar-refractivity contribution in [2.45, 2.75) is 26.4 Å². The highest BCUT2D eigenvalue weighted by Crippen LogP contribution is 2.12. The lowest BCUT2D eigenvalue weighted by molar-refractivity contribution is 0.104. The lowest BCUT2D eigenvalue weighted by Gasteiger charge is -2.37. The van der Waals surface area contributed by atoms with E-state index in [-0.39, 0.29) is 0 Å². The minimum atomic E-state index is 0.478. The Morgan fingerprint density at radius 2 is 1.95 bits per heavy atom. The van der Waals surface area contributed by atoms with Crippen molar-refractivity contribution in [3.8, 4) is 0 Å². The van der Waals surface area contributed by atoms with Crippen LogP contribution in [0, 0.1) is 0 Å². The van der Waals surface area contributed by atoms with E-state index >= 15 is 0 Å². The first kappa shape index (κ1) is 14.4. The van der Waals surface area contributed by atoms with Gasteiger partial charge >= 0.3 is 0 Å². The number of piperazine rings is 1. The number of nitrogens with two attached hydrogens (primary N) is 1. The summed E-state index contributed by atoms with van der Waals surface area (Å²) < 4.78 is 0. The number of benzene rings is 1. The molecule has 0 aromatic heterocycles. The minimum Gasteiger partial charge on any atom is -0.389 e. The molecule has 1 heterocycles. The third-order valence-electron chi connectivity index (χ3n) is 3.75. The number of hydrogen-bond donors (Lipinski definition) is 1. The van der Waals surface area contributed by atoms with Crippen molar-refractivity contribution >= 4 is 17.2 Å². The molecule has 1 aromatic carbocycles. The fourth-order valence-corrected chi connectivity index (χ4v) is 2.65. The maximum atomic E-state index is 5.68. The maximum absolute atomic E-state index is 5.68. The van der Waals surface area contributed by atoms with Gasteiger partial charge in [-0.25, -0.2) is 0 Å². The first-order chi connectivity index (χ1) is 9.06. The van der Waals surface area contributed by atoms with Crippen molar-refractivity contribution in [1.82, 2.24) is 9.80 Å². The van der Waals surface area contributed by atoms with E-state index in [9.17, 15) is 0 Å². The Morgan fingerprint density at radius 1 is 1.26 bits per heavy atom. The molecule has 1 saturated heterocycles. The smallest absolute Gasteiger partial charge is 0.103 e. The molecule has 104 valence electrons. The second-order valence-electron chi connectivity index (χ2n) is 5.47. The zero-order chi connectivity index (χ0) is 13.8. The average Bonchev–Trinajstić information content (AvgIpc) is 2.39. The van der Waals surface area contributed by atoms with Crippen LogP contribution in [0.4, 0.5) is 0 Å². The maximum Gasteiger partial charge on any atom is 0.103 e. The summed E-state index contributed by atoms with van der Waals surface area (Å²) in [4.78, 5) is 5.51. The zero-order valence-electron chi connectivity index (χ0n) is 11.8. The van der Waals surface area contributed by atoms with E-state index < -0.39 is 0 Å². The summed E-state index contributed by atoms with van der Waals surface area (Å²) in [6.07, 6.45) is 0. The summed E-state index contributed by atoms with van der Waals surface area (Å²) in [5.41, 5.74) is 7.94. The highest BCUT2D eigenvalue weighted by atomic mass is 32.1. The molecule has 0 amide bonds. The predicted octanol–water partition coefficient (Wildman–Crippen LogP) is 1.85. The van der Waals surface area contributed by atoms with Crippen molar-refractivity contribution in [3.05, 3.63) is 35.4 Å². The Kier molecular flexibility index (Phi) is 4.91. The van der Waals surface area contributed by atoms with Gasteiger partial charge in [-0.15, -0.1) is 0 Å². The van der Waals surface area contributed by atoms with Gasteiger partial charge in [-0.3, -0.25) is 9.80 Å². The van der Waals surface area contributed by atoms with Gasteiger partial charge in [0, 0.05) is 44.3 Å². The number of nitrogens with zero attached hydrogens (tertiary/aromatic N) is 2. The molecule has 0 spiro atoms. The zero-order valence-corrected chi connectivity index (χ0v) is 12.6. The topological polar surface area (TPSA) is 32.5 Å². The van der Waals surface area contributed by atoms with Crippen molar-refractivity contribution in [2.75, 3.05) is 26.2 Å². The Bertz CT molecular complexity index is 437. The molecule has 0 atom stereocenters. The quantitative estimate of drug-likeness (QED) is 0.851. The van der Waals surface area contributed by atoms with E-state index in [1.54, 1.807) is 0 Å². The normalized spacial score (nSPS) is 17.8. The van der Waals surface area contributed by atoms with Crippen molar-refractivity contribution in [1.29, 1.82) is 0 Å². The monoisotopic (exact) mass is 277 g/mol. The molecule has 0 saturated carbocycles. The molecule has 1 aromatic rings. The molecular formula is C15H23N3S. The van der Waals surface area contributed by atoms with Gasteiger partial charge in [0.2, 0.25) is 0 Å². The molecule has 1 aliphatic rings. The Morgan fingerprint density at radius 3 is 2.53 bits per heavy atom. The SMILES string of the molecule is CC(C)N1CCN(Cc2cccc(C(N)=S)c2)CC1. The van der Waals surface area contributed by atoms with Crippen LogP contribution in [0.25, 0.3) is 0 Å². The standard InChI is InChI=1S/C15H23N3S/c1-12(2)18-8-6-17(7-9-18)11-13-4-3-5-14(10-13)15(16)19/h3-5,10,12H,6-9,11H2,1-2H3,(H2,16,19). The van der Waals surface area contributed by atoms with Gasteiger partial charge in [0.15, 0.2) is 0 Å². The van der Waals surface area contributed by atoms with Crippen molar-refractivity contribution < 1.29 is 0 Å². The lowest BCUT2D eigenvalue weighted by atomic mass is 10.1. The molecule has 0 bridgehead atoms. The lowest BCUT2D eigenvalue weighted by Crippen LogP contribution is -2.48. The largest absolute Gasteiger partial charge is 0.389 e. The molecule has 2 rings (SSSR count). The molecule has 0 radical (unpaired) electrons. The summed E-state index contributed by atoms with van der Waals surface area (Å²) in [6, 6.07) is 8.92. The third kappa shape index (κ3) is 4.00. The number of thiocarbonyl (C=S) groups is 1. The van der Waals surface area contributed by atoms with Crippen LogP contribution >= 0.6 is 12.2 Å². The van der Waals surface area contributed by atoms with Gasteiger partial charge in [-0.1, -0.05) is 30.4 Å². The van der Waals surface area contributed by atoms with E-state index in [0.29, 0.717) is 11.0 Å². The van der Waals surface area contributed by atoms with E-state index in [2.05, 4.69) is 35.8 Å². The minimum absolute atomic E-state index is 0.478. The second kappa shape index (κ2) is 6.46. The summed E-state index contributed by atoms with van der Waals surface area (Å²) >= 11 is 5.03. The molecule has 1 aliphatic heterocycles. The van der Waals surface area contributed by atoms with Crippen LogP contribution in [0.1, 0.15) is 25.0 Å². The highest BCUT2D eigenvalue weighted by molar-refractivity contribution is 7.80. The fourth-order valence-electron chi connectivity index (χ4n) is 2.52. The van der Waals surface area contributed by atoms with Gasteiger partial charge in [-0.05, 0) is 25.5 Å². The molecule has 4 heteroatoms. The average molecular weight is 277 g/mol. The highest BCUT2D eigenvalue weighted by Gasteiger charge is 2.18. The summed E-state index contributed by atoms with van der Waals surface area (Å²) in [7, 11) is 0. The van der Waals surface area contributed by atoms with Crippen LogP contribution in [0.15, 0.2) is 24.3 Å². The van der Waals surface area contributed by atoms with Gasteiger partial charge in [0.25, 0.3) is 0 Å². The van der Waals surface area contributed by atoms with Crippen LogP contribution < -0.4 is 5.73 Å². The van der Waals surface area contributed by atoms with E-state index in [4.69, 9.17) is 18.0 Å². The molecular weight excluding hydrogens is 254 g/mol. The summed E-state index contributed by atoms with van der Waals surface area (Å²) in [5, 5.41) is 0. The molecule has 0 unspecified atom stereocenters. The van der Waals surface area contributed by atoms with Gasteiger partial charge in [0.05, 0.1) is 0 Å². The molecule has 0 aliphatic carbocycles. The molecule has 19 heavy (non-hydrogen) atoms. The van der Waals surface area contributed by atoms with Crippen LogP contribution in [0.5, 0.6) is 0 Å². The van der Waals surface area contributed by atoms with Gasteiger partial charge in [-0.2, -0.15) is 0 Å². The molecule has 3 nitrogen and oxygen atoms in total. The van der Waals surface area contributed by atoms with Crippen LogP contribution in [-0.2, 0) is 6.54 Å².